The van der Waals surface area contributed by atoms with Crippen LogP contribution in [-0.2, 0) is 65.4 Å². The molecule has 0 saturated heterocycles. The van der Waals surface area contributed by atoms with Crippen LogP contribution in [0.1, 0.15) is 369 Å². The number of aliphatic hydroxyl groups is 1. The number of hydrogen-bond acceptors (Lipinski definition) is 15. The van der Waals surface area contributed by atoms with Gasteiger partial charge in [0.1, 0.15) is 19.3 Å². The Labute approximate surface area is 556 Å². The number of hydrogen-bond donors (Lipinski definition) is 3. The molecule has 540 valence electrons. The van der Waals surface area contributed by atoms with Crippen LogP contribution >= 0.6 is 15.6 Å². The van der Waals surface area contributed by atoms with Gasteiger partial charge < -0.3 is 33.8 Å². The lowest BCUT2D eigenvalue weighted by Crippen LogP contribution is -2.30. The lowest BCUT2D eigenvalue weighted by atomic mass is 10.0. The quantitative estimate of drug-likeness (QED) is 0.0222. The number of aliphatic hydroxyl groups excluding tert-OH is 1. The third kappa shape index (κ3) is 66.5. The van der Waals surface area contributed by atoms with E-state index in [1.165, 1.54) is 180 Å². The van der Waals surface area contributed by atoms with Crippen molar-refractivity contribution in [2.24, 2.45) is 11.8 Å². The maximum absolute atomic E-state index is 13.0. The second-order valence-electron chi connectivity index (χ2n) is 26.9. The number of ether oxygens (including phenoxy) is 4. The van der Waals surface area contributed by atoms with E-state index in [1.807, 2.05) is 0 Å². The highest BCUT2D eigenvalue weighted by Crippen LogP contribution is 2.45. The van der Waals surface area contributed by atoms with Gasteiger partial charge in [0.15, 0.2) is 12.2 Å². The van der Waals surface area contributed by atoms with Gasteiger partial charge in [-0.05, 0) is 37.5 Å². The summed E-state index contributed by atoms with van der Waals surface area (Å²) in [6.07, 6.45) is 50.1. The van der Waals surface area contributed by atoms with Crippen molar-refractivity contribution in [3.05, 3.63) is 0 Å². The average molecular weight is 1340 g/mol. The van der Waals surface area contributed by atoms with Gasteiger partial charge in [0, 0.05) is 25.7 Å². The summed E-state index contributed by atoms with van der Waals surface area (Å²) in [4.78, 5) is 72.6. The van der Waals surface area contributed by atoms with Crippen molar-refractivity contribution < 1.29 is 80.2 Å². The number of carbonyl (C=O) groups excluding carboxylic acids is 4. The fourth-order valence-electron chi connectivity index (χ4n) is 10.9. The Kier molecular flexibility index (Phi) is 62.7. The van der Waals surface area contributed by atoms with E-state index < -0.39 is 97.5 Å². The maximum atomic E-state index is 13.0. The Morgan fingerprint density at radius 3 is 0.747 bits per heavy atom. The molecular weight excluding hydrogens is 1200 g/mol. The monoisotopic (exact) mass is 1340 g/mol. The first-order valence-electron chi connectivity index (χ1n) is 37.5. The lowest BCUT2D eigenvalue weighted by molar-refractivity contribution is -0.161. The summed E-state index contributed by atoms with van der Waals surface area (Å²) < 4.78 is 68.3. The minimum atomic E-state index is -4.95. The van der Waals surface area contributed by atoms with Gasteiger partial charge in [-0.2, -0.15) is 0 Å². The minimum Gasteiger partial charge on any atom is -0.462 e. The summed E-state index contributed by atoms with van der Waals surface area (Å²) in [5.74, 6) is -0.691. The molecule has 0 rings (SSSR count). The Balaban J connectivity index is 5.20. The molecule has 0 spiro atoms. The van der Waals surface area contributed by atoms with Gasteiger partial charge in [0.25, 0.3) is 0 Å². The normalized spacial score (nSPS) is 14.1. The van der Waals surface area contributed by atoms with Crippen molar-refractivity contribution in [3.63, 3.8) is 0 Å². The van der Waals surface area contributed by atoms with Gasteiger partial charge >= 0.3 is 39.5 Å². The van der Waals surface area contributed by atoms with Gasteiger partial charge in [-0.3, -0.25) is 37.3 Å². The van der Waals surface area contributed by atoms with Crippen molar-refractivity contribution in [1.29, 1.82) is 0 Å². The second kappa shape index (κ2) is 64.1. The molecule has 0 bridgehead atoms. The predicted molar refractivity (Wildman–Crippen MR) is 368 cm³/mol. The maximum Gasteiger partial charge on any atom is 0.472 e. The molecule has 17 nitrogen and oxygen atoms in total. The molecule has 0 aliphatic heterocycles. The number of phosphoric acid groups is 2. The zero-order valence-electron chi connectivity index (χ0n) is 59.1. The van der Waals surface area contributed by atoms with E-state index in [0.29, 0.717) is 31.6 Å². The van der Waals surface area contributed by atoms with E-state index in [0.717, 1.165) is 102 Å². The zero-order valence-corrected chi connectivity index (χ0v) is 60.9. The molecule has 91 heavy (non-hydrogen) atoms. The van der Waals surface area contributed by atoms with Gasteiger partial charge in [-0.25, -0.2) is 9.13 Å². The van der Waals surface area contributed by atoms with Crippen LogP contribution in [-0.4, -0.2) is 96.7 Å². The van der Waals surface area contributed by atoms with Gasteiger partial charge in [0.05, 0.1) is 26.4 Å². The van der Waals surface area contributed by atoms with Crippen LogP contribution in [0.2, 0.25) is 0 Å². The Morgan fingerprint density at radius 2 is 0.505 bits per heavy atom. The van der Waals surface area contributed by atoms with Crippen LogP contribution in [0.3, 0.4) is 0 Å². The summed E-state index contributed by atoms with van der Waals surface area (Å²) in [7, 11) is -9.90. The van der Waals surface area contributed by atoms with Gasteiger partial charge in [-0.1, -0.05) is 318 Å². The molecule has 0 radical (unpaired) electrons. The summed E-state index contributed by atoms with van der Waals surface area (Å²) in [5, 5.41) is 10.6. The van der Waals surface area contributed by atoms with Crippen molar-refractivity contribution >= 4 is 39.5 Å². The average Bonchev–Trinajstić information content (AvgIpc) is 3.37. The van der Waals surface area contributed by atoms with Crippen molar-refractivity contribution in [1.82, 2.24) is 0 Å². The third-order valence-corrected chi connectivity index (χ3v) is 18.6. The van der Waals surface area contributed by atoms with E-state index >= 15 is 0 Å². The van der Waals surface area contributed by atoms with Crippen molar-refractivity contribution in [2.45, 2.75) is 387 Å². The van der Waals surface area contributed by atoms with Crippen molar-refractivity contribution in [3.8, 4) is 0 Å². The Hall–Kier alpha value is -1.94. The number of rotatable bonds is 71. The molecule has 0 aliphatic carbocycles. The van der Waals surface area contributed by atoms with Crippen LogP contribution in [0.5, 0.6) is 0 Å². The molecule has 0 aromatic heterocycles. The largest absolute Gasteiger partial charge is 0.472 e. The van der Waals surface area contributed by atoms with Gasteiger partial charge in [0.2, 0.25) is 0 Å². The van der Waals surface area contributed by atoms with E-state index in [1.54, 1.807) is 0 Å². The van der Waals surface area contributed by atoms with E-state index in [4.69, 9.17) is 37.0 Å². The molecule has 0 aromatic carbocycles. The fraction of sp³-hybridized carbons (Fsp3) is 0.944. The van der Waals surface area contributed by atoms with E-state index in [-0.39, 0.29) is 25.7 Å². The molecule has 0 fully saturated rings. The number of esters is 4. The highest BCUT2D eigenvalue weighted by molar-refractivity contribution is 7.47. The Bertz CT molecular complexity index is 1770. The SMILES string of the molecule is CCCCCCCCCCCCCCCCCCCCCC(=O)O[C@H](COC(=O)CCCCCCCCCCC(C)C)COP(=O)(O)OC[C@@H](O)COP(=O)(O)OC[C@@H](COC(=O)CCCCCCCCCC(C)C)OC(=O)CCCCCCCCCCCCC. The number of carbonyl (C=O) groups is 4. The van der Waals surface area contributed by atoms with Crippen LogP contribution in [0.4, 0.5) is 0 Å². The summed E-state index contributed by atoms with van der Waals surface area (Å²) >= 11 is 0. The summed E-state index contributed by atoms with van der Waals surface area (Å²) in [6, 6.07) is 0. The highest BCUT2D eigenvalue weighted by atomic mass is 31.2. The fourth-order valence-corrected chi connectivity index (χ4v) is 12.5. The molecule has 2 unspecified atom stereocenters. The third-order valence-electron chi connectivity index (χ3n) is 16.7. The number of phosphoric ester groups is 2. The van der Waals surface area contributed by atoms with Crippen LogP contribution < -0.4 is 0 Å². The van der Waals surface area contributed by atoms with Crippen molar-refractivity contribution in [2.75, 3.05) is 39.6 Å². The minimum absolute atomic E-state index is 0.106. The lowest BCUT2D eigenvalue weighted by Gasteiger charge is -2.21. The van der Waals surface area contributed by atoms with Gasteiger partial charge in [-0.15, -0.1) is 0 Å². The molecule has 0 aromatic rings. The molecule has 0 saturated carbocycles. The van der Waals surface area contributed by atoms with Crippen LogP contribution in [0.25, 0.3) is 0 Å². The predicted octanol–water partition coefficient (Wildman–Crippen LogP) is 20.8. The first-order chi connectivity index (χ1) is 43.9. The first kappa shape index (κ1) is 89.1. The molecule has 19 heteroatoms. The molecule has 0 aliphatic rings. The summed E-state index contributed by atoms with van der Waals surface area (Å²) in [5.41, 5.74) is 0. The standard InChI is InChI=1S/C72H140O17P2/c1-7-9-11-13-15-17-19-20-21-22-23-24-25-26-28-30-38-45-51-57-72(77)88-67(60-82-69(74)54-48-42-36-32-31-34-40-46-52-64(3)4)62-86-90(78,79)84-58-66(73)59-85-91(80,81)87-63-68(61-83-70(75)55-49-43-39-33-35-41-47-53-65(5)6)89-71(76)56-50-44-37-29-27-18-16-14-12-10-8-2/h64-68,73H,7-63H2,1-6H3,(H,78,79)(H,80,81)/t66-,67-,68-/m1/s1. The van der Waals surface area contributed by atoms with Crippen LogP contribution in [0, 0.1) is 11.8 Å². The molecule has 5 atom stereocenters. The first-order valence-corrected chi connectivity index (χ1v) is 40.5. The molecule has 0 amide bonds. The Morgan fingerprint density at radius 1 is 0.297 bits per heavy atom. The topological polar surface area (TPSA) is 237 Å². The van der Waals surface area contributed by atoms with E-state index in [2.05, 4.69) is 41.5 Å². The molecule has 0 heterocycles. The van der Waals surface area contributed by atoms with Crippen LogP contribution in [0.15, 0.2) is 0 Å². The molecule has 3 N–H and O–H groups in total. The smallest absolute Gasteiger partial charge is 0.462 e. The summed E-state index contributed by atoms with van der Waals surface area (Å²) in [6.45, 7) is 9.47. The zero-order chi connectivity index (χ0) is 67.2. The number of unbranched alkanes of at least 4 members (excludes halogenated alkanes) is 41. The molecular formula is C72H140O17P2. The second-order valence-corrected chi connectivity index (χ2v) is 29.8. The highest BCUT2D eigenvalue weighted by Gasteiger charge is 2.30. The van der Waals surface area contributed by atoms with E-state index in [9.17, 15) is 43.2 Å².